The third-order valence-corrected chi connectivity index (χ3v) is 2.42. The van der Waals surface area contributed by atoms with Crippen LogP contribution in [-0.2, 0) is 0 Å². The lowest BCUT2D eigenvalue weighted by molar-refractivity contribution is 0.897. The molecule has 14 heavy (non-hydrogen) atoms. The van der Waals surface area contributed by atoms with Crippen LogP contribution in [0.15, 0.2) is 23.7 Å². The molecule has 3 nitrogen and oxygen atoms in total. The van der Waals surface area contributed by atoms with Crippen LogP contribution in [0.1, 0.15) is 13.3 Å². The minimum absolute atomic E-state index is 0.629. The Bertz CT molecular complexity index is 293. The van der Waals surface area contributed by atoms with Crippen LogP contribution in [0.2, 0.25) is 0 Å². The molecule has 1 rings (SSSR count). The molecule has 0 spiro atoms. The van der Waals surface area contributed by atoms with E-state index in [4.69, 9.17) is 12.2 Å². The Balaban J connectivity index is 2.17. The normalized spacial score (nSPS) is 10.4. The van der Waals surface area contributed by atoms with Gasteiger partial charge in [0.1, 0.15) is 0 Å². The van der Waals surface area contributed by atoms with Crippen molar-refractivity contribution in [2.45, 2.75) is 13.3 Å². The van der Waals surface area contributed by atoms with Gasteiger partial charge in [0.2, 0.25) is 0 Å². The second kappa shape index (κ2) is 6.50. The first-order chi connectivity index (χ1) is 6.83. The van der Waals surface area contributed by atoms with Crippen molar-refractivity contribution in [1.29, 1.82) is 0 Å². The predicted octanol–water partition coefficient (Wildman–Crippen LogP) is 2.40. The molecule has 0 amide bonds. The van der Waals surface area contributed by atoms with Gasteiger partial charge in [0.15, 0.2) is 10.2 Å². The van der Waals surface area contributed by atoms with E-state index in [9.17, 15) is 0 Å². The van der Waals surface area contributed by atoms with Gasteiger partial charge in [-0.25, -0.2) is 4.98 Å². The van der Waals surface area contributed by atoms with Crippen molar-refractivity contribution in [3.05, 3.63) is 23.7 Å². The zero-order chi connectivity index (χ0) is 10.2. The highest BCUT2D eigenvalue weighted by Gasteiger charge is 1.97. The van der Waals surface area contributed by atoms with E-state index in [2.05, 4.69) is 21.7 Å². The number of allylic oxidation sites excluding steroid dienone is 1. The van der Waals surface area contributed by atoms with E-state index >= 15 is 0 Å². The van der Waals surface area contributed by atoms with Gasteiger partial charge in [0.25, 0.3) is 0 Å². The minimum Gasteiger partial charge on any atom is -0.362 e. The molecule has 0 radical (unpaired) electrons. The summed E-state index contributed by atoms with van der Waals surface area (Å²) in [5.74, 6) is 0. The number of hydrogen-bond acceptors (Lipinski definition) is 3. The van der Waals surface area contributed by atoms with Crippen LogP contribution in [0.4, 0.5) is 5.13 Å². The van der Waals surface area contributed by atoms with Crippen molar-refractivity contribution < 1.29 is 0 Å². The SMILES string of the molecule is CC=CCCNC(=S)Nc1nccs1. The lowest BCUT2D eigenvalue weighted by Gasteiger charge is -2.06. The summed E-state index contributed by atoms with van der Waals surface area (Å²) in [6.45, 7) is 2.85. The van der Waals surface area contributed by atoms with Gasteiger partial charge in [-0.2, -0.15) is 0 Å². The molecule has 0 unspecified atom stereocenters. The summed E-state index contributed by atoms with van der Waals surface area (Å²) in [5.41, 5.74) is 0. The van der Waals surface area contributed by atoms with Crippen molar-refractivity contribution in [3.63, 3.8) is 0 Å². The first-order valence-electron chi connectivity index (χ1n) is 4.38. The van der Waals surface area contributed by atoms with E-state index in [0.717, 1.165) is 18.1 Å². The van der Waals surface area contributed by atoms with Crippen molar-refractivity contribution in [1.82, 2.24) is 10.3 Å². The number of nitrogens with zero attached hydrogens (tertiary/aromatic N) is 1. The third kappa shape index (κ3) is 4.34. The number of thiocarbonyl (C=S) groups is 1. The fraction of sp³-hybridized carbons (Fsp3) is 0.333. The van der Waals surface area contributed by atoms with Crippen molar-refractivity contribution in [3.8, 4) is 0 Å². The molecule has 76 valence electrons. The van der Waals surface area contributed by atoms with Crippen LogP contribution < -0.4 is 10.6 Å². The van der Waals surface area contributed by atoms with Gasteiger partial charge in [-0.3, -0.25) is 0 Å². The molecule has 1 heterocycles. The molecule has 0 aliphatic rings. The summed E-state index contributed by atoms with van der Waals surface area (Å²) in [7, 11) is 0. The number of anilines is 1. The van der Waals surface area contributed by atoms with Crippen LogP contribution in [0.25, 0.3) is 0 Å². The zero-order valence-corrected chi connectivity index (χ0v) is 9.62. The van der Waals surface area contributed by atoms with E-state index in [0.29, 0.717) is 5.11 Å². The second-order valence-electron chi connectivity index (χ2n) is 2.58. The number of thiazole rings is 1. The summed E-state index contributed by atoms with van der Waals surface area (Å²) in [6, 6.07) is 0. The quantitative estimate of drug-likeness (QED) is 0.470. The van der Waals surface area contributed by atoms with Gasteiger partial charge < -0.3 is 10.6 Å². The molecule has 0 bridgehead atoms. The second-order valence-corrected chi connectivity index (χ2v) is 3.88. The van der Waals surface area contributed by atoms with Gasteiger partial charge in [0.05, 0.1) is 0 Å². The number of rotatable bonds is 4. The molecule has 1 aromatic rings. The van der Waals surface area contributed by atoms with E-state index in [1.165, 1.54) is 11.3 Å². The Labute approximate surface area is 93.2 Å². The highest BCUT2D eigenvalue weighted by atomic mass is 32.1. The smallest absolute Gasteiger partial charge is 0.188 e. The number of aromatic nitrogens is 1. The predicted molar refractivity (Wildman–Crippen MR) is 65.8 cm³/mol. The first kappa shape index (κ1) is 11.1. The van der Waals surface area contributed by atoms with Gasteiger partial charge >= 0.3 is 0 Å². The topological polar surface area (TPSA) is 37.0 Å². The molecule has 2 N–H and O–H groups in total. The molecule has 0 saturated carbocycles. The molecule has 5 heteroatoms. The molecular formula is C9H13N3S2. The fourth-order valence-corrected chi connectivity index (χ4v) is 1.66. The first-order valence-corrected chi connectivity index (χ1v) is 5.67. The maximum Gasteiger partial charge on any atom is 0.188 e. The minimum atomic E-state index is 0.629. The number of hydrogen-bond donors (Lipinski definition) is 2. The van der Waals surface area contributed by atoms with E-state index in [1.54, 1.807) is 6.20 Å². The van der Waals surface area contributed by atoms with Crippen LogP contribution in [-0.4, -0.2) is 16.6 Å². The van der Waals surface area contributed by atoms with Crippen molar-refractivity contribution in [2.24, 2.45) is 0 Å². The van der Waals surface area contributed by atoms with Crippen LogP contribution in [0, 0.1) is 0 Å². The van der Waals surface area contributed by atoms with Crippen LogP contribution >= 0.6 is 23.6 Å². The highest BCUT2D eigenvalue weighted by molar-refractivity contribution is 7.80. The average molecular weight is 227 g/mol. The molecule has 0 fully saturated rings. The fourth-order valence-electron chi connectivity index (χ4n) is 0.862. The summed E-state index contributed by atoms with van der Waals surface area (Å²) in [6.07, 6.45) is 6.85. The molecule has 0 atom stereocenters. The molecule has 0 aliphatic heterocycles. The monoisotopic (exact) mass is 227 g/mol. The summed E-state index contributed by atoms with van der Waals surface area (Å²) >= 11 is 6.60. The lowest BCUT2D eigenvalue weighted by Crippen LogP contribution is -2.28. The maximum atomic E-state index is 5.07. The van der Waals surface area contributed by atoms with Gasteiger partial charge in [-0.1, -0.05) is 12.2 Å². The lowest BCUT2D eigenvalue weighted by atomic mass is 10.4. The van der Waals surface area contributed by atoms with E-state index in [1.807, 2.05) is 18.4 Å². The van der Waals surface area contributed by atoms with E-state index in [-0.39, 0.29) is 0 Å². The molecule has 0 aliphatic carbocycles. The van der Waals surface area contributed by atoms with Crippen molar-refractivity contribution >= 4 is 33.8 Å². The third-order valence-electron chi connectivity index (χ3n) is 1.49. The largest absolute Gasteiger partial charge is 0.362 e. The van der Waals surface area contributed by atoms with Gasteiger partial charge in [0, 0.05) is 18.1 Å². The summed E-state index contributed by atoms with van der Waals surface area (Å²) in [4.78, 5) is 4.07. The van der Waals surface area contributed by atoms with Crippen LogP contribution in [0.3, 0.4) is 0 Å². The Morgan fingerprint density at radius 1 is 1.71 bits per heavy atom. The number of nitrogens with one attached hydrogen (secondary N) is 2. The Morgan fingerprint density at radius 3 is 3.21 bits per heavy atom. The van der Waals surface area contributed by atoms with E-state index < -0.39 is 0 Å². The van der Waals surface area contributed by atoms with Crippen LogP contribution in [0.5, 0.6) is 0 Å². The van der Waals surface area contributed by atoms with Crippen molar-refractivity contribution in [2.75, 3.05) is 11.9 Å². The Hall–Kier alpha value is -0.940. The molecular weight excluding hydrogens is 214 g/mol. The Kier molecular flexibility index (Phi) is 5.17. The Morgan fingerprint density at radius 2 is 2.57 bits per heavy atom. The average Bonchev–Trinajstić information content (AvgIpc) is 2.65. The molecule has 0 aromatic carbocycles. The van der Waals surface area contributed by atoms with Gasteiger partial charge in [-0.05, 0) is 25.6 Å². The summed E-state index contributed by atoms with van der Waals surface area (Å²) in [5, 5.41) is 9.46. The molecule has 0 saturated heterocycles. The molecule has 1 aromatic heterocycles. The van der Waals surface area contributed by atoms with Gasteiger partial charge in [-0.15, -0.1) is 11.3 Å². The maximum absolute atomic E-state index is 5.07. The standard InChI is InChI=1S/C9H13N3S2/c1-2-3-4-5-10-8(13)12-9-11-6-7-14-9/h2-3,6-7H,4-5H2,1H3,(H2,10,11,12,13). The summed E-state index contributed by atoms with van der Waals surface area (Å²) < 4.78 is 0. The highest BCUT2D eigenvalue weighted by Crippen LogP contribution is 2.09. The zero-order valence-electron chi connectivity index (χ0n) is 7.99.